The number of hydrogen-bond acceptors (Lipinski definition) is 6. The lowest BCUT2D eigenvalue weighted by Crippen LogP contribution is -2.33. The third-order valence-corrected chi connectivity index (χ3v) is 6.07. The van der Waals surface area contributed by atoms with Crippen molar-refractivity contribution in [1.82, 2.24) is 4.57 Å². The molecule has 3 aliphatic rings. The monoisotopic (exact) mass is 401 g/mol. The molecule has 1 saturated heterocycles. The van der Waals surface area contributed by atoms with Gasteiger partial charge < -0.3 is 24.7 Å². The fourth-order valence-electron chi connectivity index (χ4n) is 4.68. The fourth-order valence-corrected chi connectivity index (χ4v) is 4.68. The van der Waals surface area contributed by atoms with Gasteiger partial charge in [-0.3, -0.25) is 4.79 Å². The van der Waals surface area contributed by atoms with Crippen LogP contribution in [0.15, 0.2) is 17.1 Å². The van der Waals surface area contributed by atoms with E-state index in [0.29, 0.717) is 29.9 Å². The van der Waals surface area contributed by atoms with Crippen LogP contribution < -0.4 is 16.1 Å². The first-order valence-corrected chi connectivity index (χ1v) is 10.2. The zero-order valence-corrected chi connectivity index (χ0v) is 16.3. The molecule has 2 aliphatic heterocycles. The van der Waals surface area contributed by atoms with Crippen molar-refractivity contribution in [3.63, 3.8) is 0 Å². The van der Waals surface area contributed by atoms with Gasteiger partial charge in [0, 0.05) is 35.8 Å². The molecule has 3 heterocycles. The van der Waals surface area contributed by atoms with Crippen molar-refractivity contribution < 1.29 is 18.7 Å². The van der Waals surface area contributed by atoms with E-state index in [2.05, 4.69) is 0 Å². The van der Waals surface area contributed by atoms with Gasteiger partial charge in [-0.15, -0.1) is 0 Å². The number of anilines is 1. The second kappa shape index (κ2) is 6.81. The Labute approximate surface area is 167 Å². The van der Waals surface area contributed by atoms with Gasteiger partial charge >= 0.3 is 5.97 Å². The molecule has 7 nitrogen and oxygen atoms in total. The Hall–Kier alpha value is -2.45. The molecule has 29 heavy (non-hydrogen) atoms. The van der Waals surface area contributed by atoms with Gasteiger partial charge in [-0.1, -0.05) is 0 Å². The molecule has 1 aromatic heterocycles. The average Bonchev–Trinajstić information content (AvgIpc) is 3.47. The van der Waals surface area contributed by atoms with Crippen LogP contribution in [-0.4, -0.2) is 42.4 Å². The van der Waals surface area contributed by atoms with Crippen LogP contribution in [0.5, 0.6) is 0 Å². The van der Waals surface area contributed by atoms with Crippen molar-refractivity contribution >= 4 is 22.6 Å². The first-order valence-electron chi connectivity index (χ1n) is 10.2. The van der Waals surface area contributed by atoms with Gasteiger partial charge in [-0.05, 0) is 32.3 Å². The van der Waals surface area contributed by atoms with Crippen LogP contribution in [0.3, 0.4) is 0 Å². The van der Waals surface area contributed by atoms with Crippen LogP contribution >= 0.6 is 0 Å². The molecular weight excluding hydrogens is 377 g/mol. The first-order chi connectivity index (χ1) is 14.0. The molecule has 1 aliphatic carbocycles. The van der Waals surface area contributed by atoms with E-state index in [9.17, 15) is 9.59 Å². The highest BCUT2D eigenvalue weighted by Gasteiger charge is 2.37. The molecule has 5 rings (SSSR count). The maximum absolute atomic E-state index is 15.4. The summed E-state index contributed by atoms with van der Waals surface area (Å²) in [5.74, 6) is -1.15. The summed E-state index contributed by atoms with van der Waals surface area (Å²) in [6.07, 6.45) is 4.22. The van der Waals surface area contributed by atoms with Crippen LogP contribution in [0.25, 0.3) is 10.9 Å². The number of halogens is 1. The zero-order chi connectivity index (χ0) is 20.3. The maximum atomic E-state index is 15.4. The van der Waals surface area contributed by atoms with Crippen LogP contribution in [-0.2, 0) is 16.1 Å². The summed E-state index contributed by atoms with van der Waals surface area (Å²) in [4.78, 5) is 27.4. The number of aromatic nitrogens is 1. The largest absolute Gasteiger partial charge is 0.462 e. The summed E-state index contributed by atoms with van der Waals surface area (Å²) in [6.45, 7) is 3.10. The number of fused-ring (bicyclic) bond motifs is 5. The summed E-state index contributed by atoms with van der Waals surface area (Å²) in [7, 11) is 0. The lowest BCUT2D eigenvalue weighted by Gasteiger charge is -2.27. The summed E-state index contributed by atoms with van der Waals surface area (Å²) < 4.78 is 28.2. The smallest absolute Gasteiger partial charge is 0.343 e. The Morgan fingerprint density at radius 3 is 2.90 bits per heavy atom. The Morgan fingerprint density at radius 1 is 1.38 bits per heavy atom. The molecule has 2 fully saturated rings. The number of nitrogens with two attached hydrogens (primary N) is 1. The molecule has 154 valence electrons. The van der Waals surface area contributed by atoms with Gasteiger partial charge in [0.05, 0.1) is 37.1 Å². The topological polar surface area (TPSA) is 86.8 Å². The van der Waals surface area contributed by atoms with Gasteiger partial charge in [-0.25, -0.2) is 9.18 Å². The predicted molar refractivity (Wildman–Crippen MR) is 106 cm³/mol. The molecule has 0 spiro atoms. The molecule has 8 heteroatoms. The lowest BCUT2D eigenvalue weighted by molar-refractivity contribution is 0.0524. The van der Waals surface area contributed by atoms with Crippen molar-refractivity contribution in [2.75, 3.05) is 24.7 Å². The highest BCUT2D eigenvalue weighted by Crippen LogP contribution is 2.42. The predicted octanol–water partition coefficient (Wildman–Crippen LogP) is 2.09. The molecule has 0 amide bonds. The summed E-state index contributed by atoms with van der Waals surface area (Å²) in [5.41, 5.74) is 7.37. The molecule has 2 N–H and O–H groups in total. The van der Waals surface area contributed by atoms with Crippen molar-refractivity contribution in [2.45, 2.75) is 50.9 Å². The maximum Gasteiger partial charge on any atom is 0.343 e. The third-order valence-electron chi connectivity index (χ3n) is 6.07. The number of carbonyl (C=O) groups is 1. The van der Waals surface area contributed by atoms with Gasteiger partial charge in [0.2, 0.25) is 5.43 Å². The van der Waals surface area contributed by atoms with E-state index in [1.54, 1.807) is 13.1 Å². The Bertz CT molecular complexity index is 1060. The van der Waals surface area contributed by atoms with E-state index >= 15 is 4.39 Å². The number of nitrogens with zero attached hydrogens (tertiary/aromatic N) is 2. The minimum Gasteiger partial charge on any atom is -0.462 e. The number of rotatable bonds is 3. The van der Waals surface area contributed by atoms with Crippen LogP contribution in [0, 0.1) is 5.82 Å². The average molecular weight is 401 g/mol. The van der Waals surface area contributed by atoms with Crippen LogP contribution in [0.2, 0.25) is 0 Å². The van der Waals surface area contributed by atoms with Crippen molar-refractivity contribution in [3.8, 4) is 0 Å². The Balaban J connectivity index is 1.80. The summed E-state index contributed by atoms with van der Waals surface area (Å²) >= 11 is 0. The molecule has 0 bridgehead atoms. The SMILES string of the molecule is CCOC(=O)c1cn(C2CC2)c2c3c(c(F)cc2c1=O)N1C[C@H](N)CC1COC3. The van der Waals surface area contributed by atoms with Crippen molar-refractivity contribution in [3.05, 3.63) is 39.4 Å². The molecule has 2 aromatic rings. The molecule has 1 unspecified atom stereocenters. The number of benzene rings is 1. The Kier molecular flexibility index (Phi) is 4.36. The summed E-state index contributed by atoms with van der Waals surface area (Å²) in [6, 6.07) is 1.44. The highest BCUT2D eigenvalue weighted by atomic mass is 19.1. The number of pyridine rings is 1. The quantitative estimate of drug-likeness (QED) is 0.793. The molecule has 1 aromatic carbocycles. The van der Waals surface area contributed by atoms with Crippen LogP contribution in [0.1, 0.15) is 48.1 Å². The third kappa shape index (κ3) is 2.93. The minimum atomic E-state index is -0.675. The molecule has 0 radical (unpaired) electrons. The summed E-state index contributed by atoms with van der Waals surface area (Å²) in [5, 5.41) is 0.198. The number of hydrogen-bond donors (Lipinski definition) is 1. The fraction of sp³-hybridized carbons (Fsp3) is 0.524. The Morgan fingerprint density at radius 2 is 2.17 bits per heavy atom. The van der Waals surface area contributed by atoms with E-state index in [4.69, 9.17) is 15.2 Å². The van der Waals surface area contributed by atoms with Crippen molar-refractivity contribution in [2.24, 2.45) is 5.73 Å². The standard InChI is InChI=1S/C21H24FN3O4/c1-2-29-21(27)15-8-25(12-3-4-12)18-14(20(15)26)6-17(22)19-16(18)10-28-9-13-5-11(23)7-24(13)19/h6,8,11-13H,2-5,7,9-10,23H2,1H3/t11-,13?/m1/s1. The number of esters is 1. The minimum absolute atomic E-state index is 0.0260. The molecule has 1 saturated carbocycles. The van der Waals surface area contributed by atoms with Crippen LogP contribution in [0.4, 0.5) is 10.1 Å². The highest BCUT2D eigenvalue weighted by molar-refractivity contribution is 5.96. The van der Waals surface area contributed by atoms with E-state index < -0.39 is 17.2 Å². The zero-order valence-electron chi connectivity index (χ0n) is 16.3. The van der Waals surface area contributed by atoms with Gasteiger partial charge in [0.15, 0.2) is 0 Å². The first kappa shape index (κ1) is 18.6. The second-order valence-corrected chi connectivity index (χ2v) is 8.13. The van der Waals surface area contributed by atoms with Gasteiger partial charge in [0.25, 0.3) is 0 Å². The number of ether oxygens (including phenoxy) is 2. The van der Waals surface area contributed by atoms with Crippen molar-refractivity contribution in [1.29, 1.82) is 0 Å². The second-order valence-electron chi connectivity index (χ2n) is 8.13. The normalized spacial score (nSPS) is 23.6. The van der Waals surface area contributed by atoms with E-state index in [0.717, 1.165) is 19.3 Å². The van der Waals surface area contributed by atoms with E-state index in [1.165, 1.54) is 6.07 Å². The van der Waals surface area contributed by atoms with E-state index in [-0.39, 0.29) is 42.3 Å². The van der Waals surface area contributed by atoms with Gasteiger partial charge in [-0.2, -0.15) is 0 Å². The lowest BCUT2D eigenvalue weighted by atomic mass is 10.0. The van der Waals surface area contributed by atoms with Gasteiger partial charge in [0.1, 0.15) is 11.4 Å². The van der Waals surface area contributed by atoms with E-state index in [1.807, 2.05) is 9.47 Å². The number of carbonyl (C=O) groups excluding carboxylic acids is 1. The molecule has 2 atom stereocenters. The molecular formula is C21H24FN3O4.